The number of fused-ring (bicyclic) bond motifs is 1. The fourth-order valence-electron chi connectivity index (χ4n) is 3.73. The predicted octanol–water partition coefficient (Wildman–Crippen LogP) is 2.80. The molecule has 4 rings (SSSR count). The zero-order chi connectivity index (χ0) is 16.4. The molecule has 128 valence electrons. The molecule has 0 bridgehead atoms. The first-order valence-electron chi connectivity index (χ1n) is 8.57. The van der Waals surface area contributed by atoms with Crippen LogP contribution in [0.1, 0.15) is 29.1 Å². The Morgan fingerprint density at radius 2 is 2.42 bits per heavy atom. The summed E-state index contributed by atoms with van der Waals surface area (Å²) in [4.78, 5) is 11.2. The Morgan fingerprint density at radius 3 is 3.21 bits per heavy atom. The van der Waals surface area contributed by atoms with E-state index in [1.807, 2.05) is 25.4 Å². The van der Waals surface area contributed by atoms with Crippen LogP contribution < -0.4 is 0 Å². The Bertz CT molecular complexity index is 663. The molecule has 2 saturated heterocycles. The lowest BCUT2D eigenvalue weighted by atomic mass is 10.0. The van der Waals surface area contributed by atoms with Gasteiger partial charge in [0.25, 0.3) is 0 Å². The number of hydrogen-bond acceptors (Lipinski definition) is 6. The molecule has 0 aliphatic carbocycles. The lowest BCUT2D eigenvalue weighted by Gasteiger charge is -2.32. The number of ether oxygens (including phenoxy) is 2. The highest BCUT2D eigenvalue weighted by Crippen LogP contribution is 2.32. The van der Waals surface area contributed by atoms with Crippen molar-refractivity contribution in [1.29, 1.82) is 0 Å². The minimum Gasteiger partial charge on any atom is -0.374 e. The number of thiazole rings is 1. The summed E-state index contributed by atoms with van der Waals surface area (Å²) >= 11 is 1.67. The van der Waals surface area contributed by atoms with Gasteiger partial charge >= 0.3 is 0 Å². The number of aromatic nitrogens is 2. The van der Waals surface area contributed by atoms with Gasteiger partial charge in [0.05, 0.1) is 23.4 Å². The van der Waals surface area contributed by atoms with Gasteiger partial charge in [0.2, 0.25) is 0 Å². The van der Waals surface area contributed by atoms with Crippen molar-refractivity contribution < 1.29 is 9.47 Å². The van der Waals surface area contributed by atoms with Gasteiger partial charge in [-0.2, -0.15) is 0 Å². The number of aryl methyl sites for hydroxylation is 1. The van der Waals surface area contributed by atoms with Crippen LogP contribution in [0.5, 0.6) is 0 Å². The molecule has 0 saturated carbocycles. The van der Waals surface area contributed by atoms with Crippen molar-refractivity contribution in [3.05, 3.63) is 46.2 Å². The Morgan fingerprint density at radius 1 is 1.46 bits per heavy atom. The molecule has 2 aliphatic heterocycles. The van der Waals surface area contributed by atoms with E-state index in [2.05, 4.69) is 26.3 Å². The molecule has 2 aliphatic rings. The SMILES string of the molecule is Cc1nc(CO[C@@H]2CN(Cc3cccnc3)[C@H]3CCCO[C@@H]23)cs1. The molecule has 0 radical (unpaired) electrons. The van der Waals surface area contributed by atoms with Crippen molar-refractivity contribution in [3.63, 3.8) is 0 Å². The minimum absolute atomic E-state index is 0.119. The number of hydrogen-bond donors (Lipinski definition) is 0. The number of likely N-dealkylation sites (tertiary alicyclic amines) is 1. The maximum atomic E-state index is 6.20. The van der Waals surface area contributed by atoms with Crippen molar-refractivity contribution in [3.8, 4) is 0 Å². The van der Waals surface area contributed by atoms with E-state index in [1.54, 1.807) is 11.3 Å². The maximum absolute atomic E-state index is 6.20. The first-order valence-corrected chi connectivity index (χ1v) is 9.45. The van der Waals surface area contributed by atoms with Gasteiger partial charge in [-0.3, -0.25) is 9.88 Å². The van der Waals surface area contributed by atoms with Crippen molar-refractivity contribution in [2.45, 2.75) is 51.2 Å². The Hall–Kier alpha value is -1.34. The molecular formula is C18H23N3O2S. The van der Waals surface area contributed by atoms with Crippen LogP contribution in [-0.2, 0) is 22.6 Å². The van der Waals surface area contributed by atoms with Crippen LogP contribution in [0.15, 0.2) is 29.9 Å². The summed E-state index contributed by atoms with van der Waals surface area (Å²) < 4.78 is 12.3. The van der Waals surface area contributed by atoms with Crippen LogP contribution >= 0.6 is 11.3 Å². The summed E-state index contributed by atoms with van der Waals surface area (Å²) in [5, 5.41) is 3.17. The van der Waals surface area contributed by atoms with E-state index in [0.717, 1.165) is 36.8 Å². The van der Waals surface area contributed by atoms with E-state index in [-0.39, 0.29) is 12.2 Å². The average molecular weight is 345 g/mol. The molecule has 0 unspecified atom stereocenters. The molecule has 3 atom stereocenters. The number of rotatable bonds is 5. The highest BCUT2D eigenvalue weighted by atomic mass is 32.1. The molecule has 4 heterocycles. The van der Waals surface area contributed by atoms with Gasteiger partial charge in [0.15, 0.2) is 0 Å². The molecule has 24 heavy (non-hydrogen) atoms. The number of pyridine rings is 1. The zero-order valence-electron chi connectivity index (χ0n) is 13.9. The monoisotopic (exact) mass is 345 g/mol. The van der Waals surface area contributed by atoms with Crippen molar-refractivity contribution in [1.82, 2.24) is 14.9 Å². The fraction of sp³-hybridized carbons (Fsp3) is 0.556. The van der Waals surface area contributed by atoms with Crippen molar-refractivity contribution >= 4 is 11.3 Å². The summed E-state index contributed by atoms with van der Waals surface area (Å²) in [5.41, 5.74) is 2.27. The van der Waals surface area contributed by atoms with Crippen molar-refractivity contribution in [2.75, 3.05) is 13.2 Å². The second-order valence-corrected chi connectivity index (χ2v) is 7.61. The van der Waals surface area contributed by atoms with E-state index in [4.69, 9.17) is 9.47 Å². The standard InChI is InChI=1S/C18H23N3O2S/c1-13-20-15(12-24-13)11-23-17-10-21(9-14-4-2-6-19-8-14)16-5-3-7-22-18(16)17/h2,4,6,8,12,16-18H,3,5,7,9-11H2,1H3/t16-,17+,18+/m0/s1. The molecular weight excluding hydrogens is 322 g/mol. The summed E-state index contributed by atoms with van der Waals surface area (Å²) in [6.45, 7) is 5.26. The average Bonchev–Trinajstić information content (AvgIpc) is 3.18. The Labute approximate surface area is 146 Å². The van der Waals surface area contributed by atoms with Crippen LogP contribution in [0.2, 0.25) is 0 Å². The van der Waals surface area contributed by atoms with E-state index >= 15 is 0 Å². The van der Waals surface area contributed by atoms with E-state index < -0.39 is 0 Å². The molecule has 2 aromatic heterocycles. The summed E-state index contributed by atoms with van der Waals surface area (Å²) in [5.74, 6) is 0. The van der Waals surface area contributed by atoms with E-state index in [0.29, 0.717) is 12.6 Å². The van der Waals surface area contributed by atoms with Gasteiger partial charge in [-0.1, -0.05) is 6.07 Å². The summed E-state index contributed by atoms with van der Waals surface area (Å²) in [6.07, 6.45) is 6.37. The molecule has 6 heteroatoms. The third kappa shape index (κ3) is 3.52. The van der Waals surface area contributed by atoms with Gasteiger partial charge in [-0.15, -0.1) is 11.3 Å². The normalized spacial score (nSPS) is 27.3. The zero-order valence-corrected chi connectivity index (χ0v) is 14.7. The van der Waals surface area contributed by atoms with E-state index in [1.165, 1.54) is 12.0 Å². The number of nitrogens with zero attached hydrogens (tertiary/aromatic N) is 3. The van der Waals surface area contributed by atoms with Gasteiger partial charge in [-0.25, -0.2) is 4.98 Å². The van der Waals surface area contributed by atoms with Gasteiger partial charge in [0.1, 0.15) is 6.10 Å². The lowest BCUT2D eigenvalue weighted by molar-refractivity contribution is -0.0823. The van der Waals surface area contributed by atoms with Crippen LogP contribution in [0.4, 0.5) is 0 Å². The minimum atomic E-state index is 0.119. The molecule has 2 fully saturated rings. The molecule has 0 aromatic carbocycles. The van der Waals surface area contributed by atoms with Crippen LogP contribution in [0.25, 0.3) is 0 Å². The second-order valence-electron chi connectivity index (χ2n) is 6.54. The largest absolute Gasteiger partial charge is 0.374 e. The van der Waals surface area contributed by atoms with Gasteiger partial charge in [0, 0.05) is 43.5 Å². The molecule has 2 aromatic rings. The lowest BCUT2D eigenvalue weighted by Crippen LogP contribution is -2.41. The smallest absolute Gasteiger partial charge is 0.100 e. The second kappa shape index (κ2) is 7.27. The quantitative estimate of drug-likeness (QED) is 0.834. The maximum Gasteiger partial charge on any atom is 0.100 e. The summed E-state index contributed by atoms with van der Waals surface area (Å²) in [6, 6.07) is 4.58. The third-order valence-electron chi connectivity index (χ3n) is 4.80. The van der Waals surface area contributed by atoms with E-state index in [9.17, 15) is 0 Å². The van der Waals surface area contributed by atoms with Crippen LogP contribution in [0.3, 0.4) is 0 Å². The van der Waals surface area contributed by atoms with Crippen molar-refractivity contribution in [2.24, 2.45) is 0 Å². The molecule has 0 spiro atoms. The molecule has 5 nitrogen and oxygen atoms in total. The van der Waals surface area contributed by atoms with Gasteiger partial charge in [-0.05, 0) is 31.4 Å². The third-order valence-corrected chi connectivity index (χ3v) is 5.63. The molecule has 0 amide bonds. The van der Waals surface area contributed by atoms with Crippen LogP contribution in [0, 0.1) is 6.92 Å². The fourth-order valence-corrected chi connectivity index (χ4v) is 4.32. The van der Waals surface area contributed by atoms with Crippen LogP contribution in [-0.4, -0.2) is 46.3 Å². The Kier molecular flexibility index (Phi) is 4.89. The highest BCUT2D eigenvalue weighted by Gasteiger charge is 2.44. The first kappa shape index (κ1) is 16.1. The predicted molar refractivity (Wildman–Crippen MR) is 92.8 cm³/mol. The molecule has 0 N–H and O–H groups in total. The topological polar surface area (TPSA) is 47.5 Å². The highest BCUT2D eigenvalue weighted by molar-refractivity contribution is 7.09. The summed E-state index contributed by atoms with van der Waals surface area (Å²) in [7, 11) is 0. The Balaban J connectivity index is 1.42. The van der Waals surface area contributed by atoms with Gasteiger partial charge < -0.3 is 9.47 Å². The first-order chi connectivity index (χ1) is 11.8.